The summed E-state index contributed by atoms with van der Waals surface area (Å²) in [5.41, 5.74) is 0.719. The molecule has 0 aliphatic carbocycles. The van der Waals surface area contributed by atoms with Gasteiger partial charge in [0.25, 0.3) is 5.89 Å². The number of hydrogen-bond donors (Lipinski definition) is 1. The maximum atomic E-state index is 6.12. The van der Waals surface area contributed by atoms with E-state index >= 15 is 0 Å². The molecule has 1 fully saturated rings. The molecular weight excluding hydrogens is 316 g/mol. The maximum absolute atomic E-state index is 6.12. The molecule has 6 nitrogen and oxygen atoms in total. The van der Waals surface area contributed by atoms with Crippen molar-refractivity contribution < 1.29 is 9.26 Å². The summed E-state index contributed by atoms with van der Waals surface area (Å²) in [7, 11) is 2.06. The monoisotopic (exact) mass is 336 g/mol. The smallest absolute Gasteiger partial charge is 0.261 e. The molecule has 1 aromatic carbocycles. The van der Waals surface area contributed by atoms with Crippen molar-refractivity contribution in [2.75, 3.05) is 26.7 Å². The van der Waals surface area contributed by atoms with E-state index in [1.165, 1.54) is 0 Å². The Balaban J connectivity index is 1.92. The zero-order valence-electron chi connectivity index (χ0n) is 13.5. The van der Waals surface area contributed by atoms with Crippen LogP contribution in [0.1, 0.15) is 25.7 Å². The second-order valence-corrected chi connectivity index (χ2v) is 6.40. The van der Waals surface area contributed by atoms with Crippen LogP contribution in [0.25, 0.3) is 11.5 Å². The minimum absolute atomic E-state index is 0.0472. The number of halogens is 1. The van der Waals surface area contributed by atoms with Crippen LogP contribution in [0.2, 0.25) is 5.02 Å². The van der Waals surface area contributed by atoms with Crippen LogP contribution in [-0.2, 0) is 0 Å². The molecule has 23 heavy (non-hydrogen) atoms. The van der Waals surface area contributed by atoms with Crippen LogP contribution in [0.3, 0.4) is 0 Å². The predicted octanol–water partition coefficient (Wildman–Crippen LogP) is 2.75. The quantitative estimate of drug-likeness (QED) is 0.926. The normalized spacial score (nSPS) is 19.3. The van der Waals surface area contributed by atoms with Gasteiger partial charge in [-0.3, -0.25) is 4.90 Å². The lowest BCUT2D eigenvalue weighted by atomic mass is 10.2. The minimum atomic E-state index is 0.0472. The molecule has 1 aromatic heterocycles. The van der Waals surface area contributed by atoms with Gasteiger partial charge in [0, 0.05) is 24.7 Å². The Morgan fingerprint density at radius 1 is 1.43 bits per heavy atom. The number of aromatic nitrogens is 2. The van der Waals surface area contributed by atoms with E-state index in [0.29, 0.717) is 22.5 Å². The fraction of sp³-hybridized carbons (Fsp3) is 0.500. The molecule has 124 valence electrons. The van der Waals surface area contributed by atoms with Crippen molar-refractivity contribution in [3.05, 3.63) is 29.0 Å². The highest BCUT2D eigenvalue weighted by Gasteiger charge is 2.26. The summed E-state index contributed by atoms with van der Waals surface area (Å²) < 4.78 is 11.3. The van der Waals surface area contributed by atoms with Gasteiger partial charge in [0.05, 0.1) is 17.7 Å². The van der Waals surface area contributed by atoms with Crippen molar-refractivity contribution in [3.63, 3.8) is 0 Å². The summed E-state index contributed by atoms with van der Waals surface area (Å²) in [6.07, 6.45) is 0.0472. The molecule has 1 aliphatic heterocycles. The van der Waals surface area contributed by atoms with E-state index in [9.17, 15) is 0 Å². The van der Waals surface area contributed by atoms with Crippen LogP contribution in [0.5, 0.6) is 5.75 Å². The molecule has 1 N–H and O–H groups in total. The molecule has 2 heterocycles. The number of likely N-dealkylation sites (N-methyl/N-ethyl adjacent to an activating group) is 1. The van der Waals surface area contributed by atoms with Crippen molar-refractivity contribution in [1.29, 1.82) is 0 Å². The Kier molecular flexibility index (Phi) is 4.84. The molecule has 0 bridgehead atoms. The third-order valence-corrected chi connectivity index (χ3v) is 4.02. The molecule has 1 aliphatic rings. The predicted molar refractivity (Wildman–Crippen MR) is 88.7 cm³/mol. The van der Waals surface area contributed by atoms with Crippen LogP contribution >= 0.6 is 11.6 Å². The van der Waals surface area contributed by atoms with Gasteiger partial charge in [-0.1, -0.05) is 16.8 Å². The summed E-state index contributed by atoms with van der Waals surface area (Å²) in [5, 5.41) is 8.10. The Hall–Kier alpha value is -1.63. The van der Waals surface area contributed by atoms with E-state index in [4.69, 9.17) is 20.9 Å². The molecule has 7 heteroatoms. The molecule has 1 atom stereocenters. The fourth-order valence-corrected chi connectivity index (χ4v) is 2.77. The van der Waals surface area contributed by atoms with Crippen molar-refractivity contribution in [2.24, 2.45) is 0 Å². The molecule has 2 aromatic rings. The van der Waals surface area contributed by atoms with E-state index in [0.717, 1.165) is 25.2 Å². The second kappa shape index (κ2) is 6.86. The molecular formula is C16H21ClN4O2. The van der Waals surface area contributed by atoms with Gasteiger partial charge in [-0.2, -0.15) is 4.98 Å². The third-order valence-electron chi connectivity index (χ3n) is 3.79. The van der Waals surface area contributed by atoms with Crippen molar-refractivity contribution in [2.45, 2.75) is 26.0 Å². The van der Waals surface area contributed by atoms with Gasteiger partial charge < -0.3 is 14.6 Å². The Labute approximate surface area is 140 Å². The first-order chi connectivity index (χ1) is 11.0. The Morgan fingerprint density at radius 2 is 2.26 bits per heavy atom. The maximum Gasteiger partial charge on any atom is 0.261 e. The number of piperazine rings is 1. The second-order valence-electron chi connectivity index (χ2n) is 5.97. The molecule has 1 saturated heterocycles. The average Bonchev–Trinajstić information content (AvgIpc) is 2.98. The number of nitrogens with one attached hydrogen (secondary N) is 1. The van der Waals surface area contributed by atoms with E-state index < -0.39 is 0 Å². The zero-order chi connectivity index (χ0) is 16.4. The first-order valence-electron chi connectivity index (χ1n) is 7.75. The molecule has 3 rings (SSSR count). The van der Waals surface area contributed by atoms with Gasteiger partial charge in [0.15, 0.2) is 5.82 Å². The van der Waals surface area contributed by atoms with Crippen LogP contribution in [0, 0.1) is 0 Å². The van der Waals surface area contributed by atoms with Gasteiger partial charge >= 0.3 is 0 Å². The highest BCUT2D eigenvalue weighted by molar-refractivity contribution is 6.30. The summed E-state index contributed by atoms with van der Waals surface area (Å²) in [6, 6.07) is 5.52. The van der Waals surface area contributed by atoms with Gasteiger partial charge in [0.1, 0.15) is 5.75 Å². The SMILES string of the molecule is CC(C)Oc1ccc(Cl)cc1-c1nc(C2CNCCN2C)no1. The molecule has 0 saturated carbocycles. The lowest BCUT2D eigenvalue weighted by Crippen LogP contribution is -2.44. The number of ether oxygens (including phenoxy) is 1. The summed E-state index contributed by atoms with van der Waals surface area (Å²) in [4.78, 5) is 6.78. The van der Waals surface area contributed by atoms with E-state index in [1.54, 1.807) is 12.1 Å². The Morgan fingerprint density at radius 3 is 3.00 bits per heavy atom. The van der Waals surface area contributed by atoms with Gasteiger partial charge in [-0.15, -0.1) is 0 Å². The summed E-state index contributed by atoms with van der Waals surface area (Å²) in [6.45, 7) is 6.67. The van der Waals surface area contributed by atoms with Crippen molar-refractivity contribution >= 4 is 11.6 Å². The minimum Gasteiger partial charge on any atom is -0.490 e. The van der Waals surface area contributed by atoms with Crippen LogP contribution in [0.15, 0.2) is 22.7 Å². The highest BCUT2D eigenvalue weighted by Crippen LogP contribution is 2.33. The average molecular weight is 337 g/mol. The van der Waals surface area contributed by atoms with E-state index in [2.05, 4.69) is 27.4 Å². The fourth-order valence-electron chi connectivity index (χ4n) is 2.60. The van der Waals surface area contributed by atoms with Gasteiger partial charge in [-0.25, -0.2) is 0 Å². The summed E-state index contributed by atoms with van der Waals surface area (Å²) in [5.74, 6) is 1.79. The van der Waals surface area contributed by atoms with Gasteiger partial charge in [0.2, 0.25) is 0 Å². The Bertz CT molecular complexity index is 674. The number of rotatable bonds is 4. The first-order valence-corrected chi connectivity index (χ1v) is 8.13. The van der Waals surface area contributed by atoms with Crippen LogP contribution < -0.4 is 10.1 Å². The van der Waals surface area contributed by atoms with Crippen LogP contribution in [0.4, 0.5) is 0 Å². The molecule has 1 unspecified atom stereocenters. The number of hydrogen-bond acceptors (Lipinski definition) is 6. The van der Waals surface area contributed by atoms with E-state index in [1.807, 2.05) is 19.9 Å². The zero-order valence-corrected chi connectivity index (χ0v) is 14.3. The lowest BCUT2D eigenvalue weighted by molar-refractivity contribution is 0.190. The molecule has 0 radical (unpaired) electrons. The topological polar surface area (TPSA) is 63.4 Å². The highest BCUT2D eigenvalue weighted by atomic mass is 35.5. The standard InChI is InChI=1S/C16H21ClN4O2/c1-10(2)22-14-5-4-11(17)8-12(14)16-19-15(20-23-16)13-9-18-6-7-21(13)3/h4-5,8,10,13,18H,6-7,9H2,1-3H3. The lowest BCUT2D eigenvalue weighted by Gasteiger charge is -2.30. The van der Waals surface area contributed by atoms with Gasteiger partial charge in [-0.05, 0) is 39.1 Å². The largest absolute Gasteiger partial charge is 0.490 e. The molecule has 0 amide bonds. The van der Waals surface area contributed by atoms with E-state index in [-0.39, 0.29) is 12.1 Å². The number of benzene rings is 1. The molecule has 0 spiro atoms. The van der Waals surface area contributed by atoms with Crippen LogP contribution in [-0.4, -0.2) is 47.8 Å². The first kappa shape index (κ1) is 16.2. The summed E-state index contributed by atoms with van der Waals surface area (Å²) >= 11 is 6.12. The van der Waals surface area contributed by atoms with Crippen molar-refractivity contribution in [3.8, 4) is 17.2 Å². The third kappa shape index (κ3) is 3.65. The number of nitrogens with zero attached hydrogens (tertiary/aromatic N) is 3. The van der Waals surface area contributed by atoms with Crippen molar-refractivity contribution in [1.82, 2.24) is 20.4 Å².